The van der Waals surface area contributed by atoms with Crippen molar-refractivity contribution >= 4 is 38.2 Å². The molecule has 3 rings (SSSR count). The smallest absolute Gasteiger partial charge is 0.193 e. The minimum Gasteiger partial charge on any atom is -0.252 e. The van der Waals surface area contributed by atoms with Crippen LogP contribution in [-0.4, -0.2) is 14.3 Å². The molecule has 78 valence electrons. The van der Waals surface area contributed by atoms with Gasteiger partial charge in [0, 0.05) is 11.6 Å². The number of nitrogens with zero attached hydrogens (tertiary/aromatic N) is 3. The lowest BCUT2D eigenvalue weighted by Crippen LogP contribution is -1.87. The van der Waals surface area contributed by atoms with E-state index in [1.165, 1.54) is 11.5 Å². The molecule has 0 bridgehead atoms. The molecule has 2 heterocycles. The second-order valence-corrected chi connectivity index (χ2v) is 5.28. The van der Waals surface area contributed by atoms with Gasteiger partial charge in [-0.15, -0.1) is 0 Å². The van der Waals surface area contributed by atoms with Gasteiger partial charge in [-0.1, -0.05) is 24.3 Å². The fourth-order valence-electron chi connectivity index (χ4n) is 1.60. The monoisotopic (exact) mass is 291 g/mol. The van der Waals surface area contributed by atoms with Crippen LogP contribution in [0.3, 0.4) is 0 Å². The predicted molar refractivity (Wildman–Crippen MR) is 68.3 cm³/mol. The largest absolute Gasteiger partial charge is 0.252 e. The molecular formula is C11H6BrN3S. The van der Waals surface area contributed by atoms with Gasteiger partial charge in [0.1, 0.15) is 5.69 Å². The molecule has 16 heavy (non-hydrogen) atoms. The molecule has 0 radical (unpaired) electrons. The molecule has 0 unspecified atom stereocenters. The molecule has 2 aromatic heterocycles. The van der Waals surface area contributed by atoms with Crippen LogP contribution in [0.1, 0.15) is 0 Å². The van der Waals surface area contributed by atoms with E-state index in [0.717, 1.165) is 20.4 Å². The summed E-state index contributed by atoms with van der Waals surface area (Å²) in [7, 11) is 0. The van der Waals surface area contributed by atoms with Crippen molar-refractivity contribution in [2.75, 3.05) is 0 Å². The molecule has 0 saturated heterocycles. The summed E-state index contributed by atoms with van der Waals surface area (Å²) in [5, 5.41) is 2.23. The Balaban J connectivity index is 2.31. The van der Waals surface area contributed by atoms with Crippen molar-refractivity contribution in [2.45, 2.75) is 0 Å². The van der Waals surface area contributed by atoms with Crippen molar-refractivity contribution in [3.63, 3.8) is 0 Å². The second-order valence-electron chi connectivity index (χ2n) is 3.25. The van der Waals surface area contributed by atoms with E-state index in [-0.39, 0.29) is 0 Å². The Labute approximate surface area is 104 Å². The van der Waals surface area contributed by atoms with Crippen LogP contribution < -0.4 is 0 Å². The summed E-state index contributed by atoms with van der Waals surface area (Å²) in [4.78, 5) is 8.64. The molecule has 0 saturated carbocycles. The average molecular weight is 292 g/mol. The Morgan fingerprint density at radius 2 is 2.00 bits per heavy atom. The molecule has 0 aliphatic carbocycles. The van der Waals surface area contributed by atoms with Gasteiger partial charge >= 0.3 is 0 Å². The molecule has 3 nitrogen and oxygen atoms in total. The number of hydrogen-bond acceptors (Lipinski definition) is 4. The molecule has 0 atom stereocenters. The average Bonchev–Trinajstić information content (AvgIpc) is 2.75. The Bertz CT molecular complexity index is 645. The third-order valence-corrected chi connectivity index (χ3v) is 3.40. The maximum Gasteiger partial charge on any atom is 0.193 e. The first kappa shape index (κ1) is 9.86. The zero-order valence-corrected chi connectivity index (χ0v) is 10.5. The third-order valence-electron chi connectivity index (χ3n) is 2.29. The summed E-state index contributed by atoms with van der Waals surface area (Å²) >= 11 is 4.63. The summed E-state index contributed by atoms with van der Waals surface area (Å²) in [5.74, 6) is 0.675. The van der Waals surface area contributed by atoms with Gasteiger partial charge in [-0.2, -0.15) is 4.37 Å². The highest BCUT2D eigenvalue weighted by molar-refractivity contribution is 9.11. The quantitative estimate of drug-likeness (QED) is 0.689. The lowest BCUT2D eigenvalue weighted by atomic mass is 10.1. The minimum absolute atomic E-state index is 0.675. The van der Waals surface area contributed by atoms with Crippen LogP contribution in [0.4, 0.5) is 0 Å². The van der Waals surface area contributed by atoms with Gasteiger partial charge in [0.05, 0.1) is 0 Å². The summed E-state index contributed by atoms with van der Waals surface area (Å²) in [6, 6.07) is 10.1. The van der Waals surface area contributed by atoms with Crippen molar-refractivity contribution < 1.29 is 0 Å². The Morgan fingerprint density at radius 3 is 2.81 bits per heavy atom. The maximum absolute atomic E-state index is 4.35. The molecule has 0 aliphatic heterocycles. The zero-order valence-electron chi connectivity index (χ0n) is 8.09. The Kier molecular flexibility index (Phi) is 2.41. The Morgan fingerprint density at radius 1 is 1.12 bits per heavy atom. The molecule has 3 aromatic rings. The number of pyridine rings is 1. The van der Waals surface area contributed by atoms with E-state index in [4.69, 9.17) is 0 Å². The van der Waals surface area contributed by atoms with E-state index >= 15 is 0 Å². The zero-order chi connectivity index (χ0) is 11.0. The van der Waals surface area contributed by atoms with Gasteiger partial charge < -0.3 is 0 Å². The molecular weight excluding hydrogens is 286 g/mol. The molecule has 5 heteroatoms. The number of halogens is 1. The SMILES string of the molecule is Brc1nc(-c2nccc3ccccc23)ns1. The molecule has 0 spiro atoms. The van der Waals surface area contributed by atoms with Crippen LogP contribution >= 0.6 is 27.5 Å². The summed E-state index contributed by atoms with van der Waals surface area (Å²) in [6.45, 7) is 0. The van der Waals surface area contributed by atoms with E-state index in [2.05, 4.69) is 36.3 Å². The topological polar surface area (TPSA) is 38.7 Å². The lowest BCUT2D eigenvalue weighted by molar-refractivity contribution is 1.24. The lowest BCUT2D eigenvalue weighted by Gasteiger charge is -2.00. The van der Waals surface area contributed by atoms with Crippen molar-refractivity contribution in [1.29, 1.82) is 0 Å². The second kappa shape index (κ2) is 3.92. The number of fused-ring (bicyclic) bond motifs is 1. The first-order valence-electron chi connectivity index (χ1n) is 4.68. The maximum atomic E-state index is 4.35. The first-order valence-corrected chi connectivity index (χ1v) is 6.24. The third kappa shape index (κ3) is 1.62. The molecule has 0 amide bonds. The van der Waals surface area contributed by atoms with E-state index in [1.54, 1.807) is 6.20 Å². The van der Waals surface area contributed by atoms with E-state index in [1.807, 2.05) is 24.3 Å². The first-order chi connectivity index (χ1) is 7.84. The van der Waals surface area contributed by atoms with Crippen molar-refractivity contribution in [3.05, 3.63) is 40.4 Å². The summed E-state index contributed by atoms with van der Waals surface area (Å²) in [6.07, 6.45) is 1.78. The Hall–Kier alpha value is -1.33. The fraction of sp³-hybridized carbons (Fsp3) is 0. The predicted octanol–water partition coefficient (Wildman–Crippen LogP) is 3.52. The molecule has 0 fully saturated rings. The normalized spacial score (nSPS) is 10.8. The number of hydrogen-bond donors (Lipinski definition) is 0. The van der Waals surface area contributed by atoms with Crippen molar-refractivity contribution in [1.82, 2.24) is 14.3 Å². The van der Waals surface area contributed by atoms with Gasteiger partial charge in [0.25, 0.3) is 0 Å². The standard InChI is InChI=1S/C11H6BrN3S/c12-11-14-10(15-16-11)9-8-4-2-1-3-7(8)5-6-13-9/h1-6H. The van der Waals surface area contributed by atoms with E-state index in [9.17, 15) is 0 Å². The highest BCUT2D eigenvalue weighted by Gasteiger charge is 2.09. The number of rotatable bonds is 1. The highest BCUT2D eigenvalue weighted by Crippen LogP contribution is 2.26. The molecule has 0 aliphatic rings. The van der Waals surface area contributed by atoms with Crippen LogP contribution in [0, 0.1) is 0 Å². The molecule has 0 N–H and O–H groups in total. The van der Waals surface area contributed by atoms with Crippen LogP contribution in [0.15, 0.2) is 40.4 Å². The van der Waals surface area contributed by atoms with Gasteiger partial charge in [0.15, 0.2) is 9.74 Å². The molecule has 1 aromatic carbocycles. The van der Waals surface area contributed by atoms with Crippen LogP contribution in [0.2, 0.25) is 0 Å². The minimum atomic E-state index is 0.675. The fourth-order valence-corrected chi connectivity index (χ4v) is 2.40. The van der Waals surface area contributed by atoms with E-state index in [0.29, 0.717) is 5.82 Å². The van der Waals surface area contributed by atoms with Crippen molar-refractivity contribution in [3.8, 4) is 11.5 Å². The van der Waals surface area contributed by atoms with Gasteiger partial charge in [-0.3, -0.25) is 4.98 Å². The van der Waals surface area contributed by atoms with Crippen LogP contribution in [0.5, 0.6) is 0 Å². The van der Waals surface area contributed by atoms with Gasteiger partial charge in [0.2, 0.25) is 0 Å². The number of benzene rings is 1. The summed E-state index contributed by atoms with van der Waals surface area (Å²) in [5.41, 5.74) is 0.833. The van der Waals surface area contributed by atoms with Gasteiger partial charge in [-0.05, 0) is 38.9 Å². The van der Waals surface area contributed by atoms with Crippen molar-refractivity contribution in [2.24, 2.45) is 0 Å². The highest BCUT2D eigenvalue weighted by atomic mass is 79.9. The number of aromatic nitrogens is 3. The van der Waals surface area contributed by atoms with Crippen LogP contribution in [0.25, 0.3) is 22.3 Å². The van der Waals surface area contributed by atoms with E-state index < -0.39 is 0 Å². The van der Waals surface area contributed by atoms with Crippen LogP contribution in [-0.2, 0) is 0 Å². The van der Waals surface area contributed by atoms with Gasteiger partial charge in [-0.25, -0.2) is 4.98 Å². The summed E-state index contributed by atoms with van der Waals surface area (Å²) < 4.78 is 5.03.